The molecule has 0 saturated carbocycles. The van der Waals surface area contributed by atoms with Gasteiger partial charge >= 0.3 is 0 Å². The molecule has 33 heavy (non-hydrogen) atoms. The number of sulfone groups is 1. The summed E-state index contributed by atoms with van der Waals surface area (Å²) in [6, 6.07) is 8.73. The Balaban J connectivity index is 1.69. The molecule has 0 spiro atoms. The van der Waals surface area contributed by atoms with E-state index < -0.39 is 9.84 Å². The Hall–Kier alpha value is -2.63. The molecule has 176 valence electrons. The number of rotatable bonds is 8. The molecule has 11 heteroatoms. The maximum absolute atomic E-state index is 12.1. The Bertz CT molecular complexity index is 1210. The van der Waals surface area contributed by atoms with Crippen LogP contribution in [0.4, 0.5) is 11.6 Å². The predicted octanol–water partition coefficient (Wildman–Crippen LogP) is 3.67. The van der Waals surface area contributed by atoms with Gasteiger partial charge in [-0.2, -0.15) is 5.10 Å². The van der Waals surface area contributed by atoms with Crippen LogP contribution in [0, 0.1) is 6.92 Å². The highest BCUT2D eigenvalue weighted by Crippen LogP contribution is 2.39. The Morgan fingerprint density at radius 3 is 2.52 bits per heavy atom. The van der Waals surface area contributed by atoms with E-state index in [0.717, 1.165) is 42.2 Å². The predicted molar refractivity (Wildman–Crippen MR) is 128 cm³/mol. The number of aromatic amines is 1. The molecule has 1 saturated heterocycles. The zero-order valence-corrected chi connectivity index (χ0v) is 20.5. The number of nitrogens with zero attached hydrogens (tertiary/aromatic N) is 3. The fraction of sp³-hybridized carbons (Fsp3) is 0.409. The molecule has 0 unspecified atom stereocenters. The van der Waals surface area contributed by atoms with Crippen molar-refractivity contribution in [1.29, 1.82) is 0 Å². The summed E-state index contributed by atoms with van der Waals surface area (Å²) in [6.45, 7) is 5.42. The molecule has 0 radical (unpaired) electrons. The van der Waals surface area contributed by atoms with Gasteiger partial charge in [-0.15, -0.1) is 0 Å². The second kappa shape index (κ2) is 10.1. The number of ether oxygens (including phenoxy) is 1. The second-order valence-corrected chi connectivity index (χ2v) is 11.2. The highest BCUT2D eigenvalue weighted by molar-refractivity contribution is 7.99. The van der Waals surface area contributed by atoms with E-state index in [-0.39, 0.29) is 11.7 Å². The van der Waals surface area contributed by atoms with Crippen LogP contribution in [-0.4, -0.2) is 54.5 Å². The molecule has 3 aromatic rings. The van der Waals surface area contributed by atoms with E-state index in [1.54, 1.807) is 38.3 Å². The summed E-state index contributed by atoms with van der Waals surface area (Å²) in [4.78, 5) is 10.8. The van der Waals surface area contributed by atoms with E-state index in [0.29, 0.717) is 27.4 Å². The van der Waals surface area contributed by atoms with Crippen molar-refractivity contribution in [3.8, 4) is 5.75 Å². The van der Waals surface area contributed by atoms with Crippen molar-refractivity contribution < 1.29 is 13.2 Å². The molecule has 1 aliphatic rings. The van der Waals surface area contributed by atoms with Gasteiger partial charge in [-0.05, 0) is 68.9 Å². The zero-order chi connectivity index (χ0) is 23.4. The normalized spacial score (nSPS) is 14.9. The molecule has 2 aromatic heterocycles. The maximum Gasteiger partial charge on any atom is 0.194 e. The second-order valence-electron chi connectivity index (χ2n) is 7.84. The van der Waals surface area contributed by atoms with Gasteiger partial charge in [0.25, 0.3) is 0 Å². The molecule has 9 nitrogen and oxygen atoms in total. The van der Waals surface area contributed by atoms with Crippen molar-refractivity contribution in [2.45, 2.75) is 47.6 Å². The van der Waals surface area contributed by atoms with Gasteiger partial charge in [0.2, 0.25) is 0 Å². The lowest BCUT2D eigenvalue weighted by Crippen LogP contribution is -2.27. The molecule has 0 aliphatic carbocycles. The summed E-state index contributed by atoms with van der Waals surface area (Å²) in [5, 5.41) is 14.4. The van der Waals surface area contributed by atoms with Crippen LogP contribution >= 0.6 is 11.8 Å². The summed E-state index contributed by atoms with van der Waals surface area (Å²) >= 11 is 1.39. The minimum absolute atomic E-state index is 0.0718. The monoisotopic (exact) mass is 488 g/mol. The maximum atomic E-state index is 12.1. The topological polar surface area (TPSA) is 122 Å². The molecule has 1 aliphatic heterocycles. The van der Waals surface area contributed by atoms with Crippen LogP contribution in [0.2, 0.25) is 0 Å². The van der Waals surface area contributed by atoms with Crippen molar-refractivity contribution in [2.75, 3.05) is 31.3 Å². The van der Waals surface area contributed by atoms with Gasteiger partial charge in [0.15, 0.2) is 32.4 Å². The van der Waals surface area contributed by atoms with Gasteiger partial charge in [-0.3, -0.25) is 5.10 Å². The van der Waals surface area contributed by atoms with E-state index in [2.05, 4.69) is 20.8 Å². The first-order chi connectivity index (χ1) is 15.9. The molecule has 0 amide bonds. The van der Waals surface area contributed by atoms with Crippen LogP contribution in [-0.2, 0) is 9.84 Å². The lowest BCUT2D eigenvalue weighted by Gasteiger charge is -2.25. The number of methoxy groups -OCH3 is 1. The van der Waals surface area contributed by atoms with Crippen molar-refractivity contribution in [3.63, 3.8) is 0 Å². The first-order valence-electron chi connectivity index (χ1n) is 10.9. The summed E-state index contributed by atoms with van der Waals surface area (Å²) in [5.41, 5.74) is 1.80. The van der Waals surface area contributed by atoms with Crippen molar-refractivity contribution in [2.24, 2.45) is 0 Å². The van der Waals surface area contributed by atoms with E-state index >= 15 is 0 Å². The largest absolute Gasteiger partial charge is 0.491 e. The van der Waals surface area contributed by atoms with Gasteiger partial charge in [0, 0.05) is 22.6 Å². The lowest BCUT2D eigenvalue weighted by molar-refractivity contribution is 0.383. The van der Waals surface area contributed by atoms with Crippen molar-refractivity contribution in [3.05, 3.63) is 41.7 Å². The first-order valence-corrected chi connectivity index (χ1v) is 13.3. The molecule has 0 bridgehead atoms. The number of nitrogens with one attached hydrogen (secondary N) is 3. The van der Waals surface area contributed by atoms with Gasteiger partial charge in [0.05, 0.1) is 23.5 Å². The van der Waals surface area contributed by atoms with Crippen LogP contribution in [0.5, 0.6) is 5.75 Å². The van der Waals surface area contributed by atoms with Crippen LogP contribution in [0.1, 0.15) is 37.1 Å². The number of benzene rings is 1. The summed E-state index contributed by atoms with van der Waals surface area (Å²) < 4.78 is 30.0. The highest BCUT2D eigenvalue weighted by Gasteiger charge is 2.25. The molecular formula is C22H28N6O3S2. The number of hydrogen-bond acceptors (Lipinski definition) is 9. The fourth-order valence-corrected chi connectivity index (χ4v) is 5.39. The minimum atomic E-state index is -3.24. The highest BCUT2D eigenvalue weighted by atomic mass is 32.2. The van der Waals surface area contributed by atoms with Crippen LogP contribution in [0.3, 0.4) is 0 Å². The van der Waals surface area contributed by atoms with Crippen molar-refractivity contribution >= 4 is 33.2 Å². The van der Waals surface area contributed by atoms with Gasteiger partial charge in [-0.25, -0.2) is 18.4 Å². The fourth-order valence-electron chi connectivity index (χ4n) is 3.74. The van der Waals surface area contributed by atoms with Crippen LogP contribution in [0.15, 0.2) is 45.3 Å². The molecule has 1 fully saturated rings. The molecule has 4 rings (SSSR count). The third-order valence-electron chi connectivity index (χ3n) is 5.53. The number of hydrogen-bond donors (Lipinski definition) is 3. The SMILES string of the molecule is CCS(=O)(=O)c1ccc(Sc2nc(Nc3cc(C)[nH]n3)c(OC)c(C3CCNCC3)n2)cc1. The number of anilines is 2. The average Bonchev–Trinajstić information content (AvgIpc) is 3.24. The molecular weight excluding hydrogens is 460 g/mol. The van der Waals surface area contributed by atoms with E-state index in [9.17, 15) is 8.42 Å². The number of aromatic nitrogens is 4. The Morgan fingerprint density at radius 1 is 1.18 bits per heavy atom. The van der Waals surface area contributed by atoms with Crippen molar-refractivity contribution in [1.82, 2.24) is 25.5 Å². The van der Waals surface area contributed by atoms with E-state index in [1.165, 1.54) is 11.8 Å². The first kappa shape index (κ1) is 23.5. The summed E-state index contributed by atoms with van der Waals surface area (Å²) in [7, 11) is -1.61. The molecule has 3 N–H and O–H groups in total. The Morgan fingerprint density at radius 2 is 1.91 bits per heavy atom. The number of piperidine rings is 1. The van der Waals surface area contributed by atoms with Gasteiger partial charge in [0.1, 0.15) is 0 Å². The Labute approximate surface area is 198 Å². The number of aryl methyl sites for hydroxylation is 1. The lowest BCUT2D eigenvalue weighted by atomic mass is 9.93. The third kappa shape index (κ3) is 5.48. The van der Waals surface area contributed by atoms with Crippen LogP contribution in [0.25, 0.3) is 0 Å². The van der Waals surface area contributed by atoms with E-state index in [4.69, 9.17) is 14.7 Å². The summed E-state index contributed by atoms with van der Waals surface area (Å²) in [5.74, 6) is 2.15. The standard InChI is InChI=1S/C22H28N6O3S2/c1-4-33(29,30)17-7-5-16(6-8-17)32-22-25-19(15-9-11-23-12-10-15)20(31-3)21(26-22)24-18-13-14(2)27-28-18/h5-8,13,15,23H,4,9-12H2,1-3H3,(H2,24,25,26,27,28). The summed E-state index contributed by atoms with van der Waals surface area (Å²) in [6.07, 6.45) is 1.92. The van der Waals surface area contributed by atoms with Crippen LogP contribution < -0.4 is 15.4 Å². The Kier molecular flexibility index (Phi) is 7.20. The number of H-pyrrole nitrogens is 1. The van der Waals surface area contributed by atoms with E-state index in [1.807, 2.05) is 13.0 Å². The molecule has 3 heterocycles. The zero-order valence-electron chi connectivity index (χ0n) is 18.9. The smallest absolute Gasteiger partial charge is 0.194 e. The quantitative estimate of drug-likeness (QED) is 0.408. The molecule has 0 atom stereocenters. The average molecular weight is 489 g/mol. The third-order valence-corrected chi connectivity index (χ3v) is 8.15. The van der Waals surface area contributed by atoms with Gasteiger partial charge < -0.3 is 15.4 Å². The molecule has 1 aromatic carbocycles. The van der Waals surface area contributed by atoms with Gasteiger partial charge in [-0.1, -0.05) is 6.92 Å². The minimum Gasteiger partial charge on any atom is -0.491 e.